The Morgan fingerprint density at radius 3 is 2.24 bits per heavy atom. The molecular formula is C17H25N3O4S. The van der Waals surface area contributed by atoms with Gasteiger partial charge in [-0.1, -0.05) is 12.1 Å². The maximum Gasteiger partial charge on any atom is 0.232 e. The molecule has 1 aliphatic heterocycles. The summed E-state index contributed by atoms with van der Waals surface area (Å²) in [7, 11) is -3.47. The first-order chi connectivity index (χ1) is 11.7. The van der Waals surface area contributed by atoms with Gasteiger partial charge in [-0.05, 0) is 24.6 Å². The van der Waals surface area contributed by atoms with E-state index in [1.54, 1.807) is 28.0 Å². The second-order valence-corrected chi connectivity index (χ2v) is 8.22. The Morgan fingerprint density at radius 2 is 1.72 bits per heavy atom. The fourth-order valence-corrected chi connectivity index (χ4v) is 3.81. The van der Waals surface area contributed by atoms with Gasteiger partial charge >= 0.3 is 0 Å². The second-order valence-electron chi connectivity index (χ2n) is 6.31. The van der Waals surface area contributed by atoms with Crippen LogP contribution < -0.4 is 4.31 Å². The molecule has 1 heterocycles. The van der Waals surface area contributed by atoms with Crippen LogP contribution in [0.15, 0.2) is 24.3 Å². The van der Waals surface area contributed by atoms with Crippen molar-refractivity contribution in [1.29, 1.82) is 0 Å². The normalized spacial score (nSPS) is 15.2. The summed E-state index contributed by atoms with van der Waals surface area (Å²) in [4.78, 5) is 27.1. The van der Waals surface area contributed by atoms with Crippen LogP contribution in [0.25, 0.3) is 0 Å². The van der Waals surface area contributed by atoms with Crippen molar-refractivity contribution in [2.24, 2.45) is 0 Å². The van der Waals surface area contributed by atoms with Gasteiger partial charge in [0.25, 0.3) is 0 Å². The zero-order valence-electron chi connectivity index (χ0n) is 14.9. The monoisotopic (exact) mass is 367 g/mol. The van der Waals surface area contributed by atoms with Gasteiger partial charge in [0, 0.05) is 46.1 Å². The molecule has 7 nitrogen and oxygen atoms in total. The lowest BCUT2D eigenvalue weighted by atomic mass is 10.2. The molecule has 0 unspecified atom stereocenters. The quantitative estimate of drug-likeness (QED) is 0.773. The number of benzene rings is 1. The van der Waals surface area contributed by atoms with Crippen LogP contribution in [0.3, 0.4) is 0 Å². The zero-order chi connectivity index (χ0) is 18.6. The van der Waals surface area contributed by atoms with E-state index < -0.39 is 10.0 Å². The van der Waals surface area contributed by atoms with E-state index in [0.717, 1.165) is 11.8 Å². The summed E-state index contributed by atoms with van der Waals surface area (Å²) in [6.07, 6.45) is 1.26. The summed E-state index contributed by atoms with van der Waals surface area (Å²) >= 11 is 0. The number of rotatable bonds is 5. The molecule has 0 N–H and O–H groups in total. The predicted octanol–water partition coefficient (Wildman–Crippen LogP) is 0.842. The van der Waals surface area contributed by atoms with E-state index in [1.807, 2.05) is 13.0 Å². The summed E-state index contributed by atoms with van der Waals surface area (Å²) in [6.45, 7) is 5.54. The third-order valence-corrected chi connectivity index (χ3v) is 5.49. The highest BCUT2D eigenvalue weighted by atomic mass is 32.2. The van der Waals surface area contributed by atoms with Crippen molar-refractivity contribution in [3.8, 4) is 0 Å². The minimum Gasteiger partial charge on any atom is -0.339 e. The van der Waals surface area contributed by atoms with Crippen LogP contribution in [0.5, 0.6) is 0 Å². The Morgan fingerprint density at radius 1 is 1.12 bits per heavy atom. The van der Waals surface area contributed by atoms with Gasteiger partial charge in [-0.3, -0.25) is 13.9 Å². The molecule has 0 bridgehead atoms. The number of sulfonamides is 1. The van der Waals surface area contributed by atoms with Crippen molar-refractivity contribution in [1.82, 2.24) is 9.80 Å². The summed E-state index contributed by atoms with van der Waals surface area (Å²) in [5.41, 5.74) is 1.52. The second kappa shape index (κ2) is 7.86. The molecule has 0 radical (unpaired) electrons. The molecule has 8 heteroatoms. The summed E-state index contributed by atoms with van der Waals surface area (Å²) < 4.78 is 25.5. The lowest BCUT2D eigenvalue weighted by Crippen LogP contribution is -2.50. The van der Waals surface area contributed by atoms with Crippen molar-refractivity contribution in [3.63, 3.8) is 0 Å². The molecule has 0 spiro atoms. The minimum absolute atomic E-state index is 0.00907. The van der Waals surface area contributed by atoms with Crippen molar-refractivity contribution in [2.45, 2.75) is 20.3 Å². The summed E-state index contributed by atoms with van der Waals surface area (Å²) in [5.74, 6) is -0.0840. The number of nitrogens with zero attached hydrogens (tertiary/aromatic N) is 3. The molecule has 1 aromatic carbocycles. The maximum absolute atomic E-state index is 12.4. The van der Waals surface area contributed by atoms with Crippen LogP contribution in [-0.4, -0.2) is 69.0 Å². The Bertz CT molecular complexity index is 740. The number of carbonyl (C=O) groups excluding carboxylic acids is 2. The van der Waals surface area contributed by atoms with Crippen LogP contribution in [0, 0.1) is 6.92 Å². The molecule has 0 aromatic heterocycles. The molecule has 1 aromatic rings. The van der Waals surface area contributed by atoms with Crippen molar-refractivity contribution in [3.05, 3.63) is 29.8 Å². The standard InChI is InChI=1S/C17H25N3O4S/c1-14-5-4-6-16(13-14)20(25(3,23)24)8-7-17(22)19-11-9-18(10-12-19)15(2)21/h4-6,13H,7-12H2,1-3H3. The van der Waals surface area contributed by atoms with Crippen LogP contribution in [-0.2, 0) is 19.6 Å². The van der Waals surface area contributed by atoms with Gasteiger partial charge in [-0.2, -0.15) is 0 Å². The van der Waals surface area contributed by atoms with Crippen LogP contribution in [0.1, 0.15) is 18.9 Å². The van der Waals surface area contributed by atoms with Gasteiger partial charge in [0.05, 0.1) is 11.9 Å². The highest BCUT2D eigenvalue weighted by Gasteiger charge is 2.24. The van der Waals surface area contributed by atoms with Gasteiger partial charge in [-0.25, -0.2) is 8.42 Å². The molecule has 2 amide bonds. The van der Waals surface area contributed by atoms with Crippen LogP contribution in [0.4, 0.5) is 5.69 Å². The first-order valence-corrected chi connectivity index (χ1v) is 10.1. The molecule has 0 saturated carbocycles. The van der Waals surface area contributed by atoms with Gasteiger partial charge in [-0.15, -0.1) is 0 Å². The smallest absolute Gasteiger partial charge is 0.232 e. The molecular weight excluding hydrogens is 342 g/mol. The van der Waals surface area contributed by atoms with Crippen molar-refractivity contribution in [2.75, 3.05) is 43.3 Å². The highest BCUT2D eigenvalue weighted by Crippen LogP contribution is 2.19. The third kappa shape index (κ3) is 5.19. The largest absolute Gasteiger partial charge is 0.339 e. The number of anilines is 1. The summed E-state index contributed by atoms with van der Waals surface area (Å²) in [6, 6.07) is 7.20. The Kier molecular flexibility index (Phi) is 6.05. The van der Waals surface area contributed by atoms with Gasteiger partial charge in [0.2, 0.25) is 21.8 Å². The lowest BCUT2D eigenvalue weighted by Gasteiger charge is -2.34. The van der Waals surface area contributed by atoms with Gasteiger partial charge in [0.1, 0.15) is 0 Å². The summed E-state index contributed by atoms with van der Waals surface area (Å²) in [5, 5.41) is 0. The number of hydrogen-bond acceptors (Lipinski definition) is 4. The van der Waals surface area contributed by atoms with E-state index in [4.69, 9.17) is 0 Å². The van der Waals surface area contributed by atoms with E-state index in [-0.39, 0.29) is 24.8 Å². The number of aryl methyl sites for hydroxylation is 1. The maximum atomic E-state index is 12.4. The number of hydrogen-bond donors (Lipinski definition) is 0. The van der Waals surface area contributed by atoms with E-state index in [2.05, 4.69) is 0 Å². The first-order valence-electron chi connectivity index (χ1n) is 8.26. The average molecular weight is 367 g/mol. The van der Waals surface area contributed by atoms with Crippen molar-refractivity contribution >= 4 is 27.5 Å². The zero-order valence-corrected chi connectivity index (χ0v) is 15.8. The minimum atomic E-state index is -3.47. The number of amides is 2. The lowest BCUT2D eigenvalue weighted by molar-refractivity contribution is -0.138. The Balaban J connectivity index is 1.99. The number of piperazine rings is 1. The molecule has 25 heavy (non-hydrogen) atoms. The molecule has 0 aliphatic carbocycles. The van der Waals surface area contributed by atoms with E-state index in [0.29, 0.717) is 31.9 Å². The molecule has 1 saturated heterocycles. The highest BCUT2D eigenvalue weighted by molar-refractivity contribution is 7.92. The van der Waals surface area contributed by atoms with E-state index >= 15 is 0 Å². The van der Waals surface area contributed by atoms with E-state index in [1.165, 1.54) is 11.2 Å². The molecule has 138 valence electrons. The Hall–Kier alpha value is -2.09. The first kappa shape index (κ1) is 19.2. The fourth-order valence-electron chi connectivity index (χ4n) is 2.90. The topological polar surface area (TPSA) is 78.0 Å². The van der Waals surface area contributed by atoms with Crippen molar-refractivity contribution < 1.29 is 18.0 Å². The van der Waals surface area contributed by atoms with Gasteiger partial charge in [0.15, 0.2) is 0 Å². The third-order valence-electron chi connectivity index (χ3n) is 4.30. The fraction of sp³-hybridized carbons (Fsp3) is 0.529. The molecule has 2 rings (SSSR count). The molecule has 1 aliphatic rings. The average Bonchev–Trinajstić information content (AvgIpc) is 2.53. The molecule has 1 fully saturated rings. The Labute approximate surface area is 149 Å². The van der Waals surface area contributed by atoms with Gasteiger partial charge < -0.3 is 9.80 Å². The molecule has 0 atom stereocenters. The number of carbonyl (C=O) groups is 2. The SMILES string of the molecule is CC(=O)N1CCN(C(=O)CCN(c2cccc(C)c2)S(C)(=O)=O)CC1. The van der Waals surface area contributed by atoms with Crippen LogP contribution in [0.2, 0.25) is 0 Å². The predicted molar refractivity (Wildman–Crippen MR) is 96.8 cm³/mol. The van der Waals surface area contributed by atoms with Crippen LogP contribution >= 0.6 is 0 Å². The van der Waals surface area contributed by atoms with E-state index in [9.17, 15) is 18.0 Å².